The molecule has 4 rings (SSSR count). The van der Waals surface area contributed by atoms with E-state index in [4.69, 9.17) is 4.74 Å². The Balaban J connectivity index is 1.68. The van der Waals surface area contributed by atoms with Crippen LogP contribution in [0, 0.1) is 17.8 Å². The van der Waals surface area contributed by atoms with Gasteiger partial charge in [0.15, 0.2) is 0 Å². The minimum Gasteiger partial charge on any atom is -0.394 e. The molecule has 0 radical (unpaired) electrons. The van der Waals surface area contributed by atoms with Crippen LogP contribution in [-0.4, -0.2) is 63.7 Å². The highest BCUT2D eigenvalue weighted by molar-refractivity contribution is 5.99. The third-order valence-electron chi connectivity index (χ3n) is 8.44. The third-order valence-corrected chi connectivity index (χ3v) is 8.44. The summed E-state index contributed by atoms with van der Waals surface area (Å²) in [7, 11) is 0. The van der Waals surface area contributed by atoms with E-state index < -0.39 is 35.1 Å². The van der Waals surface area contributed by atoms with Gasteiger partial charge in [0.1, 0.15) is 11.6 Å². The smallest absolute Gasteiger partial charge is 0.246 e. The van der Waals surface area contributed by atoms with Gasteiger partial charge < -0.3 is 25.4 Å². The highest BCUT2D eigenvalue weighted by Gasteiger charge is 2.80. The van der Waals surface area contributed by atoms with E-state index in [-0.39, 0.29) is 36.3 Å². The SMILES string of the molecule is CCCC(C)NC(=O)C1N([C@H](C)CO)C(=O)[C@@H]2[C@@H](C(=O)NCc3ccccc3)[C@]3(C)OC12CC3C. The lowest BCUT2D eigenvalue weighted by molar-refractivity contribution is -0.150. The highest BCUT2D eigenvalue weighted by Crippen LogP contribution is 2.65. The molecule has 1 aromatic carbocycles. The van der Waals surface area contributed by atoms with E-state index in [1.54, 1.807) is 6.92 Å². The molecule has 0 saturated carbocycles. The van der Waals surface area contributed by atoms with E-state index in [1.165, 1.54) is 4.90 Å². The maximum absolute atomic E-state index is 13.9. The maximum Gasteiger partial charge on any atom is 0.246 e. The number of hydrogen-bond donors (Lipinski definition) is 3. The highest BCUT2D eigenvalue weighted by atomic mass is 16.5. The van der Waals surface area contributed by atoms with E-state index in [0.717, 1.165) is 18.4 Å². The van der Waals surface area contributed by atoms with Crippen LogP contribution in [-0.2, 0) is 25.7 Å². The van der Waals surface area contributed by atoms with Crippen molar-refractivity contribution in [2.24, 2.45) is 17.8 Å². The van der Waals surface area contributed by atoms with Crippen molar-refractivity contribution in [2.75, 3.05) is 6.61 Å². The molecule has 8 heteroatoms. The number of rotatable bonds is 9. The van der Waals surface area contributed by atoms with Crippen molar-refractivity contribution in [3.05, 3.63) is 35.9 Å². The molecule has 8 nitrogen and oxygen atoms in total. The molecule has 3 heterocycles. The van der Waals surface area contributed by atoms with Gasteiger partial charge in [0, 0.05) is 12.6 Å². The Labute approximate surface area is 207 Å². The summed E-state index contributed by atoms with van der Waals surface area (Å²) < 4.78 is 6.67. The zero-order chi connectivity index (χ0) is 25.5. The zero-order valence-electron chi connectivity index (χ0n) is 21.4. The fourth-order valence-corrected chi connectivity index (χ4v) is 6.66. The van der Waals surface area contributed by atoms with Gasteiger partial charge in [0.2, 0.25) is 17.7 Å². The Morgan fingerprint density at radius 3 is 2.54 bits per heavy atom. The fraction of sp³-hybridized carbons (Fsp3) is 0.667. The van der Waals surface area contributed by atoms with Crippen LogP contribution >= 0.6 is 0 Å². The number of amides is 3. The standard InChI is InChI=1S/C27H39N3O5/c1-6-10-17(3)29-24(33)22-27-13-16(2)26(5,35-27)20(21(27)25(34)30(22)18(4)15-31)23(32)28-14-19-11-8-7-9-12-19/h7-9,11-12,16-18,20-22,31H,6,10,13-15H2,1-5H3,(H,28,32)(H,29,33)/t16?,17?,18-,20+,21+,22?,26-,27?/m1/s1. The molecule has 4 unspecified atom stereocenters. The van der Waals surface area contributed by atoms with Crippen molar-refractivity contribution < 1.29 is 24.2 Å². The van der Waals surface area contributed by atoms with Crippen LogP contribution < -0.4 is 10.6 Å². The number of hydrogen-bond acceptors (Lipinski definition) is 5. The molecule has 3 amide bonds. The molecule has 1 spiro atoms. The van der Waals surface area contributed by atoms with Crippen LogP contribution in [0.25, 0.3) is 0 Å². The van der Waals surface area contributed by atoms with Gasteiger partial charge >= 0.3 is 0 Å². The number of likely N-dealkylation sites (tertiary alicyclic amines) is 1. The molecule has 3 saturated heterocycles. The van der Waals surface area contributed by atoms with Crippen molar-refractivity contribution in [1.82, 2.24) is 15.5 Å². The first-order valence-electron chi connectivity index (χ1n) is 12.9. The minimum atomic E-state index is -1.10. The minimum absolute atomic E-state index is 0.0215. The first kappa shape index (κ1) is 25.6. The van der Waals surface area contributed by atoms with Crippen LogP contribution in [0.15, 0.2) is 30.3 Å². The van der Waals surface area contributed by atoms with Crippen molar-refractivity contribution >= 4 is 17.7 Å². The second kappa shape index (κ2) is 9.54. The predicted molar refractivity (Wildman–Crippen MR) is 131 cm³/mol. The first-order valence-corrected chi connectivity index (χ1v) is 12.9. The Hall–Kier alpha value is -2.45. The number of aliphatic hydroxyl groups excluding tert-OH is 1. The number of ether oxygens (including phenoxy) is 1. The largest absolute Gasteiger partial charge is 0.394 e. The van der Waals surface area contributed by atoms with Gasteiger partial charge in [-0.2, -0.15) is 0 Å². The number of aliphatic hydroxyl groups is 1. The maximum atomic E-state index is 13.9. The van der Waals surface area contributed by atoms with Gasteiger partial charge in [-0.15, -0.1) is 0 Å². The summed E-state index contributed by atoms with van der Waals surface area (Å²) >= 11 is 0. The molecule has 0 aliphatic carbocycles. The molecule has 8 atom stereocenters. The number of benzene rings is 1. The topological polar surface area (TPSA) is 108 Å². The number of carbonyl (C=O) groups excluding carboxylic acids is 3. The lowest BCUT2D eigenvalue weighted by Gasteiger charge is -2.36. The molecule has 3 fully saturated rings. The van der Waals surface area contributed by atoms with Crippen molar-refractivity contribution in [1.29, 1.82) is 0 Å². The van der Waals surface area contributed by atoms with E-state index in [1.807, 2.05) is 51.1 Å². The third kappa shape index (κ3) is 4.04. The molecule has 35 heavy (non-hydrogen) atoms. The van der Waals surface area contributed by atoms with E-state index in [9.17, 15) is 19.5 Å². The quantitative estimate of drug-likeness (QED) is 0.496. The number of carbonyl (C=O) groups is 3. The van der Waals surface area contributed by atoms with Gasteiger partial charge in [0.25, 0.3) is 0 Å². The Morgan fingerprint density at radius 1 is 1.23 bits per heavy atom. The lowest BCUT2D eigenvalue weighted by Crippen LogP contribution is -2.58. The first-order chi connectivity index (χ1) is 16.6. The Morgan fingerprint density at radius 2 is 1.91 bits per heavy atom. The molecule has 3 aliphatic heterocycles. The summed E-state index contributed by atoms with van der Waals surface area (Å²) in [5.41, 5.74) is -0.990. The van der Waals surface area contributed by atoms with Crippen LogP contribution in [0.1, 0.15) is 59.4 Å². The Bertz CT molecular complexity index is 971. The molecule has 2 bridgehead atoms. The van der Waals surface area contributed by atoms with E-state index in [2.05, 4.69) is 17.6 Å². The van der Waals surface area contributed by atoms with Gasteiger partial charge in [-0.25, -0.2) is 0 Å². The molecule has 192 valence electrons. The van der Waals surface area contributed by atoms with Crippen LogP contribution in [0.3, 0.4) is 0 Å². The van der Waals surface area contributed by atoms with Gasteiger partial charge in [-0.05, 0) is 45.1 Å². The second-order valence-electron chi connectivity index (χ2n) is 10.9. The van der Waals surface area contributed by atoms with E-state index in [0.29, 0.717) is 13.0 Å². The molecule has 3 aliphatic rings. The molecular formula is C27H39N3O5. The summed E-state index contributed by atoms with van der Waals surface area (Å²) in [5, 5.41) is 16.0. The summed E-state index contributed by atoms with van der Waals surface area (Å²) in [6.45, 7) is 9.74. The lowest BCUT2D eigenvalue weighted by atomic mass is 9.62. The summed E-state index contributed by atoms with van der Waals surface area (Å²) in [6, 6.07) is 8.11. The molecule has 1 aromatic rings. The van der Waals surface area contributed by atoms with Crippen molar-refractivity contribution in [3.63, 3.8) is 0 Å². The second-order valence-corrected chi connectivity index (χ2v) is 10.9. The average Bonchev–Trinajstić information content (AvgIpc) is 3.34. The fourth-order valence-electron chi connectivity index (χ4n) is 6.66. The van der Waals surface area contributed by atoms with E-state index >= 15 is 0 Å². The summed E-state index contributed by atoms with van der Waals surface area (Å²) in [5.74, 6) is -2.31. The summed E-state index contributed by atoms with van der Waals surface area (Å²) in [6.07, 6.45) is 2.25. The van der Waals surface area contributed by atoms with Gasteiger partial charge in [-0.1, -0.05) is 50.6 Å². The number of nitrogens with one attached hydrogen (secondary N) is 2. The average molecular weight is 486 g/mol. The Kier molecular flexibility index (Phi) is 6.99. The summed E-state index contributed by atoms with van der Waals surface area (Å²) in [4.78, 5) is 42.7. The van der Waals surface area contributed by atoms with Crippen LogP contribution in [0.4, 0.5) is 0 Å². The monoisotopic (exact) mass is 485 g/mol. The normalized spacial score (nSPS) is 35.0. The number of nitrogens with zero attached hydrogens (tertiary/aromatic N) is 1. The number of fused-ring (bicyclic) bond motifs is 1. The molecule has 0 aromatic heterocycles. The molecular weight excluding hydrogens is 446 g/mol. The van der Waals surface area contributed by atoms with Gasteiger partial charge in [0.05, 0.1) is 30.1 Å². The van der Waals surface area contributed by atoms with Crippen LogP contribution in [0.5, 0.6) is 0 Å². The van der Waals surface area contributed by atoms with Crippen molar-refractivity contribution in [2.45, 2.75) is 89.8 Å². The zero-order valence-corrected chi connectivity index (χ0v) is 21.4. The van der Waals surface area contributed by atoms with Crippen molar-refractivity contribution in [3.8, 4) is 0 Å². The molecule has 3 N–H and O–H groups in total. The van der Waals surface area contributed by atoms with Gasteiger partial charge in [-0.3, -0.25) is 14.4 Å². The van der Waals surface area contributed by atoms with Crippen LogP contribution in [0.2, 0.25) is 0 Å². The predicted octanol–water partition coefficient (Wildman–Crippen LogP) is 2.00.